The molecule has 0 amide bonds. The number of anilines is 1. The molecule has 26 heavy (non-hydrogen) atoms. The second kappa shape index (κ2) is 10.8. The minimum Gasteiger partial charge on any atom is -0.378 e. The average molecular weight is 486 g/mol. The number of rotatable bonds is 5. The van der Waals surface area contributed by atoms with Crippen LogP contribution in [0, 0.1) is 0 Å². The standard InChI is InChI=1S/C17H25F3N4O.HI/c1-3-6-22-16(21-2)23-12-13-4-5-14(11-15(13)17(18,19)20)24-7-9-25-10-8-24;/h4-5,11H,3,6-10,12H2,1-2H3,(H2,21,22,23);1H. The van der Waals surface area contributed by atoms with Gasteiger partial charge in [0.25, 0.3) is 0 Å². The summed E-state index contributed by atoms with van der Waals surface area (Å²) < 4.78 is 45.7. The Hall–Kier alpha value is -1.23. The van der Waals surface area contributed by atoms with Gasteiger partial charge in [-0.15, -0.1) is 24.0 Å². The van der Waals surface area contributed by atoms with Crippen LogP contribution >= 0.6 is 24.0 Å². The molecular weight excluding hydrogens is 460 g/mol. The monoisotopic (exact) mass is 486 g/mol. The fourth-order valence-corrected chi connectivity index (χ4v) is 2.64. The topological polar surface area (TPSA) is 48.9 Å². The van der Waals surface area contributed by atoms with Crippen LogP contribution in [-0.4, -0.2) is 45.9 Å². The van der Waals surface area contributed by atoms with Gasteiger partial charge < -0.3 is 20.3 Å². The lowest BCUT2D eigenvalue weighted by Crippen LogP contribution is -2.38. The minimum atomic E-state index is -4.40. The number of nitrogens with zero attached hydrogens (tertiary/aromatic N) is 2. The quantitative estimate of drug-likeness (QED) is 0.382. The molecule has 148 valence electrons. The third-order valence-electron chi connectivity index (χ3n) is 3.99. The second-order valence-electron chi connectivity index (χ2n) is 5.79. The van der Waals surface area contributed by atoms with Crippen molar-refractivity contribution < 1.29 is 17.9 Å². The summed E-state index contributed by atoms with van der Waals surface area (Å²) in [6.07, 6.45) is -3.50. The Bertz CT molecular complexity index is 590. The molecule has 2 N–H and O–H groups in total. The zero-order chi connectivity index (χ0) is 18.3. The van der Waals surface area contributed by atoms with Crippen molar-refractivity contribution in [3.8, 4) is 0 Å². The molecular formula is C17H26F3IN4O. The van der Waals surface area contributed by atoms with Crippen molar-refractivity contribution >= 4 is 35.6 Å². The number of benzene rings is 1. The lowest BCUT2D eigenvalue weighted by molar-refractivity contribution is -0.138. The van der Waals surface area contributed by atoms with Crippen LogP contribution in [0.4, 0.5) is 18.9 Å². The molecule has 9 heteroatoms. The smallest absolute Gasteiger partial charge is 0.378 e. The number of halogens is 4. The van der Waals surface area contributed by atoms with E-state index in [1.807, 2.05) is 11.8 Å². The summed E-state index contributed by atoms with van der Waals surface area (Å²) in [4.78, 5) is 5.93. The number of alkyl halides is 3. The zero-order valence-corrected chi connectivity index (χ0v) is 17.4. The zero-order valence-electron chi connectivity index (χ0n) is 15.0. The third kappa shape index (κ3) is 6.49. The Morgan fingerprint density at radius 1 is 1.23 bits per heavy atom. The van der Waals surface area contributed by atoms with E-state index in [0.717, 1.165) is 6.42 Å². The van der Waals surface area contributed by atoms with Crippen molar-refractivity contribution in [1.29, 1.82) is 0 Å². The molecule has 1 aliphatic heterocycles. The molecule has 1 fully saturated rings. The van der Waals surface area contributed by atoms with Crippen molar-refractivity contribution in [2.75, 3.05) is 44.8 Å². The first kappa shape index (κ1) is 22.8. The van der Waals surface area contributed by atoms with Crippen LogP contribution in [0.3, 0.4) is 0 Å². The van der Waals surface area contributed by atoms with Gasteiger partial charge in [0.2, 0.25) is 0 Å². The summed E-state index contributed by atoms with van der Waals surface area (Å²) in [5.41, 5.74) is 0.159. The molecule has 1 heterocycles. The predicted molar refractivity (Wildman–Crippen MR) is 108 cm³/mol. The summed E-state index contributed by atoms with van der Waals surface area (Å²) in [5, 5.41) is 5.98. The van der Waals surface area contributed by atoms with Crippen LogP contribution in [0.5, 0.6) is 0 Å². The van der Waals surface area contributed by atoms with Crippen LogP contribution in [-0.2, 0) is 17.5 Å². The number of hydrogen-bond donors (Lipinski definition) is 2. The van der Waals surface area contributed by atoms with Gasteiger partial charge in [0.05, 0.1) is 18.8 Å². The maximum Gasteiger partial charge on any atom is 0.416 e. The summed E-state index contributed by atoms with van der Waals surface area (Å²) in [5.74, 6) is 0.493. The number of morpholine rings is 1. The molecule has 0 aromatic heterocycles. The predicted octanol–water partition coefficient (Wildman–Crippen LogP) is 3.24. The average Bonchev–Trinajstić information content (AvgIpc) is 2.62. The first-order chi connectivity index (χ1) is 12.0. The van der Waals surface area contributed by atoms with Gasteiger partial charge in [-0.2, -0.15) is 13.2 Å². The highest BCUT2D eigenvalue weighted by Gasteiger charge is 2.34. The minimum absolute atomic E-state index is 0. The van der Waals surface area contributed by atoms with E-state index in [1.165, 1.54) is 12.1 Å². The van der Waals surface area contributed by atoms with Crippen molar-refractivity contribution in [3.05, 3.63) is 29.3 Å². The van der Waals surface area contributed by atoms with Crippen molar-refractivity contribution in [2.24, 2.45) is 4.99 Å². The van der Waals surface area contributed by atoms with Gasteiger partial charge in [0.1, 0.15) is 0 Å². The molecule has 0 bridgehead atoms. The molecule has 1 saturated heterocycles. The van der Waals surface area contributed by atoms with E-state index >= 15 is 0 Å². The van der Waals surface area contributed by atoms with Gasteiger partial charge in [-0.05, 0) is 24.1 Å². The summed E-state index contributed by atoms with van der Waals surface area (Å²) in [6.45, 7) is 5.04. The fraction of sp³-hybridized carbons (Fsp3) is 0.588. The molecule has 0 unspecified atom stereocenters. The Labute approximate surface area is 169 Å². The maximum atomic E-state index is 13.5. The van der Waals surface area contributed by atoms with Gasteiger partial charge in [0.15, 0.2) is 5.96 Å². The first-order valence-corrected chi connectivity index (χ1v) is 8.43. The highest BCUT2D eigenvalue weighted by Crippen LogP contribution is 2.34. The van der Waals surface area contributed by atoms with Crippen LogP contribution in [0.25, 0.3) is 0 Å². The number of aliphatic imine (C=N–C) groups is 1. The molecule has 0 atom stereocenters. The lowest BCUT2D eigenvalue weighted by Gasteiger charge is -2.29. The van der Waals surface area contributed by atoms with E-state index < -0.39 is 11.7 Å². The number of nitrogens with one attached hydrogen (secondary N) is 2. The Morgan fingerprint density at radius 2 is 1.92 bits per heavy atom. The van der Waals surface area contributed by atoms with Crippen molar-refractivity contribution in [3.63, 3.8) is 0 Å². The molecule has 0 saturated carbocycles. The number of hydrogen-bond acceptors (Lipinski definition) is 3. The Balaban J connectivity index is 0.00000338. The van der Waals surface area contributed by atoms with Crippen LogP contribution in [0.1, 0.15) is 24.5 Å². The van der Waals surface area contributed by atoms with E-state index in [4.69, 9.17) is 4.74 Å². The SMILES string of the molecule is CCCNC(=NC)NCc1ccc(N2CCOCC2)cc1C(F)(F)F.I. The summed E-state index contributed by atoms with van der Waals surface area (Å²) in [7, 11) is 1.59. The maximum absolute atomic E-state index is 13.5. The molecule has 1 aromatic carbocycles. The first-order valence-electron chi connectivity index (χ1n) is 8.43. The highest BCUT2D eigenvalue weighted by molar-refractivity contribution is 14.0. The van der Waals surface area contributed by atoms with E-state index in [9.17, 15) is 13.2 Å². The van der Waals surface area contributed by atoms with Gasteiger partial charge in [-0.25, -0.2) is 0 Å². The molecule has 0 spiro atoms. The van der Waals surface area contributed by atoms with E-state index in [2.05, 4.69) is 15.6 Å². The van der Waals surface area contributed by atoms with E-state index in [0.29, 0.717) is 44.5 Å². The van der Waals surface area contributed by atoms with E-state index in [-0.39, 0.29) is 36.1 Å². The summed E-state index contributed by atoms with van der Waals surface area (Å²) in [6, 6.07) is 4.50. The van der Waals surface area contributed by atoms with Gasteiger partial charge in [0, 0.05) is 38.9 Å². The lowest BCUT2D eigenvalue weighted by atomic mass is 10.0. The van der Waals surface area contributed by atoms with Crippen LogP contribution in [0.15, 0.2) is 23.2 Å². The molecule has 0 radical (unpaired) electrons. The largest absolute Gasteiger partial charge is 0.416 e. The molecule has 1 aliphatic rings. The normalized spacial score (nSPS) is 15.4. The van der Waals surface area contributed by atoms with Crippen LogP contribution < -0.4 is 15.5 Å². The Kier molecular flexibility index (Phi) is 9.48. The summed E-state index contributed by atoms with van der Waals surface area (Å²) >= 11 is 0. The number of guanidine groups is 1. The van der Waals surface area contributed by atoms with E-state index in [1.54, 1.807) is 13.1 Å². The Morgan fingerprint density at radius 3 is 2.50 bits per heavy atom. The molecule has 5 nitrogen and oxygen atoms in total. The molecule has 2 rings (SSSR count). The third-order valence-corrected chi connectivity index (χ3v) is 3.99. The number of ether oxygens (including phenoxy) is 1. The second-order valence-corrected chi connectivity index (χ2v) is 5.79. The van der Waals surface area contributed by atoms with Crippen LogP contribution in [0.2, 0.25) is 0 Å². The van der Waals surface area contributed by atoms with Gasteiger partial charge >= 0.3 is 6.18 Å². The molecule has 1 aromatic rings. The van der Waals surface area contributed by atoms with Crippen molar-refractivity contribution in [2.45, 2.75) is 26.1 Å². The molecule has 0 aliphatic carbocycles. The fourth-order valence-electron chi connectivity index (χ4n) is 2.64. The highest BCUT2D eigenvalue weighted by atomic mass is 127. The van der Waals surface area contributed by atoms with Gasteiger partial charge in [-0.1, -0.05) is 13.0 Å². The van der Waals surface area contributed by atoms with Gasteiger partial charge in [-0.3, -0.25) is 4.99 Å². The van der Waals surface area contributed by atoms with Crippen molar-refractivity contribution in [1.82, 2.24) is 10.6 Å².